The third-order valence-electron chi connectivity index (χ3n) is 4.39. The number of nitrogens with zero attached hydrogens (tertiary/aromatic N) is 1. The number of nitrogens with one attached hydrogen (secondary N) is 1. The molecule has 1 N–H and O–H groups in total. The highest BCUT2D eigenvalue weighted by molar-refractivity contribution is 7.90. The highest BCUT2D eigenvalue weighted by Gasteiger charge is 2.22. The normalized spacial score (nSPS) is 11.6. The van der Waals surface area contributed by atoms with Crippen LogP contribution in [0.2, 0.25) is 0 Å². The average Bonchev–Trinajstić information content (AvgIpc) is 2.65. The summed E-state index contributed by atoms with van der Waals surface area (Å²) in [6, 6.07) is 15.8. The summed E-state index contributed by atoms with van der Waals surface area (Å²) >= 11 is 0. The van der Waals surface area contributed by atoms with Crippen molar-refractivity contribution in [2.75, 3.05) is 11.6 Å². The number of hydrogen-bond donors (Lipinski definition) is 1. The van der Waals surface area contributed by atoms with Crippen molar-refractivity contribution >= 4 is 32.0 Å². The van der Waals surface area contributed by atoms with Gasteiger partial charge in [0.2, 0.25) is 0 Å². The summed E-state index contributed by atoms with van der Waals surface area (Å²) in [5, 5.41) is 16.4. The van der Waals surface area contributed by atoms with Crippen LogP contribution in [0.5, 0.6) is 5.75 Å². The zero-order valence-corrected chi connectivity index (χ0v) is 17.2. The van der Waals surface area contributed by atoms with Crippen LogP contribution in [0.4, 0.5) is 11.4 Å². The zero-order valence-electron chi connectivity index (χ0n) is 16.4. The average molecular weight is 414 g/mol. The Bertz CT molecular complexity index is 1170. The number of benzene rings is 3. The van der Waals surface area contributed by atoms with Crippen molar-refractivity contribution in [3.8, 4) is 5.75 Å². The maximum atomic E-state index is 12.0. The summed E-state index contributed by atoms with van der Waals surface area (Å²) in [7, 11) is -3.75. The highest BCUT2D eigenvalue weighted by Crippen LogP contribution is 2.31. The number of ether oxygens (including phenoxy) is 1. The van der Waals surface area contributed by atoms with Crippen LogP contribution in [-0.2, 0) is 16.4 Å². The second-order valence-corrected chi connectivity index (χ2v) is 8.98. The van der Waals surface area contributed by atoms with E-state index < -0.39 is 20.4 Å². The lowest BCUT2D eigenvalue weighted by Gasteiger charge is -2.17. The molecular weight excluding hydrogens is 392 g/mol. The molecular formula is C21H22N2O5S. The van der Waals surface area contributed by atoms with Crippen LogP contribution in [0.3, 0.4) is 0 Å². The summed E-state index contributed by atoms with van der Waals surface area (Å²) in [6.07, 6.45) is 0.949. The molecule has 0 amide bonds. The lowest BCUT2D eigenvalue weighted by molar-refractivity contribution is -0.387. The summed E-state index contributed by atoms with van der Waals surface area (Å²) in [4.78, 5) is 10.1. The Morgan fingerprint density at radius 2 is 1.83 bits per heavy atom. The first-order chi connectivity index (χ1) is 13.7. The number of rotatable bonds is 7. The van der Waals surface area contributed by atoms with Crippen molar-refractivity contribution in [3.63, 3.8) is 0 Å². The molecule has 0 atom stereocenters. The molecule has 0 spiro atoms. The third kappa shape index (κ3) is 4.65. The maximum absolute atomic E-state index is 12.0. The molecule has 0 saturated carbocycles. The van der Waals surface area contributed by atoms with Gasteiger partial charge in [-0.25, -0.2) is 8.42 Å². The van der Waals surface area contributed by atoms with Crippen molar-refractivity contribution in [2.45, 2.75) is 31.4 Å². The van der Waals surface area contributed by atoms with E-state index in [1.54, 1.807) is 0 Å². The van der Waals surface area contributed by atoms with Gasteiger partial charge >= 0.3 is 0 Å². The minimum atomic E-state index is -3.75. The Balaban J connectivity index is 1.99. The van der Waals surface area contributed by atoms with Crippen molar-refractivity contribution in [3.05, 3.63) is 70.3 Å². The fourth-order valence-corrected chi connectivity index (χ4v) is 3.99. The standard InChI is InChI=1S/C21H22N2O5S/c1-14(2)28-20-11-8-15-6-4-5-7-17(15)18(20)13-22-16-9-10-19(23(24)25)21(12-16)29(3,26)27/h4-12,14,22H,13H2,1-3H3. The van der Waals surface area contributed by atoms with Gasteiger partial charge < -0.3 is 10.1 Å². The third-order valence-corrected chi connectivity index (χ3v) is 5.51. The smallest absolute Gasteiger partial charge is 0.288 e. The SMILES string of the molecule is CC(C)Oc1ccc2ccccc2c1CNc1ccc([N+](=O)[O-])c(S(C)(=O)=O)c1. The first kappa shape index (κ1) is 20.6. The molecule has 3 aromatic carbocycles. The molecule has 0 heterocycles. The highest BCUT2D eigenvalue weighted by atomic mass is 32.2. The van der Waals surface area contributed by atoms with Crippen molar-refractivity contribution in [1.82, 2.24) is 0 Å². The molecule has 0 unspecified atom stereocenters. The summed E-state index contributed by atoms with van der Waals surface area (Å²) in [5.41, 5.74) is 0.961. The van der Waals surface area contributed by atoms with E-state index in [4.69, 9.17) is 4.74 Å². The van der Waals surface area contributed by atoms with Crippen LogP contribution in [0.1, 0.15) is 19.4 Å². The molecule has 0 saturated heterocycles. The second-order valence-electron chi connectivity index (χ2n) is 7.00. The number of fused-ring (bicyclic) bond motifs is 1. The Morgan fingerprint density at radius 3 is 2.48 bits per heavy atom. The van der Waals surface area contributed by atoms with Crippen LogP contribution in [0.25, 0.3) is 10.8 Å². The van der Waals surface area contributed by atoms with E-state index in [0.29, 0.717) is 12.2 Å². The largest absolute Gasteiger partial charge is 0.491 e. The predicted octanol–water partition coefficient (Wildman–Crippen LogP) is 4.55. The molecule has 7 nitrogen and oxygen atoms in total. The fraction of sp³-hybridized carbons (Fsp3) is 0.238. The molecule has 3 aromatic rings. The molecule has 8 heteroatoms. The number of nitro benzene ring substituents is 1. The molecule has 0 aliphatic rings. The lowest BCUT2D eigenvalue weighted by Crippen LogP contribution is -2.10. The van der Waals surface area contributed by atoms with Gasteiger partial charge in [-0.2, -0.15) is 0 Å². The molecule has 0 aromatic heterocycles. The fourth-order valence-electron chi connectivity index (χ4n) is 3.13. The van der Waals surface area contributed by atoms with Crippen molar-refractivity contribution in [2.24, 2.45) is 0 Å². The monoisotopic (exact) mass is 414 g/mol. The predicted molar refractivity (Wildman–Crippen MR) is 113 cm³/mol. The van der Waals surface area contributed by atoms with Gasteiger partial charge in [-0.05, 0) is 42.8 Å². The van der Waals surface area contributed by atoms with E-state index >= 15 is 0 Å². The Morgan fingerprint density at radius 1 is 1.10 bits per heavy atom. The number of nitro groups is 1. The molecule has 0 aliphatic heterocycles. The van der Waals surface area contributed by atoms with Crippen LogP contribution in [-0.4, -0.2) is 25.7 Å². The molecule has 0 fully saturated rings. The van der Waals surface area contributed by atoms with Crippen molar-refractivity contribution in [1.29, 1.82) is 0 Å². The van der Waals surface area contributed by atoms with Gasteiger partial charge in [0, 0.05) is 30.1 Å². The minimum Gasteiger partial charge on any atom is -0.491 e. The van der Waals surface area contributed by atoms with Gasteiger partial charge in [-0.3, -0.25) is 10.1 Å². The van der Waals surface area contributed by atoms with Crippen LogP contribution in [0.15, 0.2) is 59.5 Å². The quantitative estimate of drug-likeness (QED) is 0.450. The maximum Gasteiger partial charge on any atom is 0.288 e. The van der Waals surface area contributed by atoms with Gasteiger partial charge in [0.15, 0.2) is 9.84 Å². The van der Waals surface area contributed by atoms with Gasteiger partial charge in [-0.1, -0.05) is 30.3 Å². The van der Waals surface area contributed by atoms with E-state index in [2.05, 4.69) is 5.32 Å². The summed E-state index contributed by atoms with van der Waals surface area (Å²) in [5.74, 6) is 0.733. The van der Waals surface area contributed by atoms with E-state index in [-0.39, 0.29) is 11.0 Å². The molecule has 3 rings (SSSR count). The van der Waals surface area contributed by atoms with Gasteiger partial charge in [0.1, 0.15) is 10.6 Å². The molecule has 29 heavy (non-hydrogen) atoms. The van der Waals surface area contributed by atoms with Gasteiger partial charge in [0.05, 0.1) is 11.0 Å². The van der Waals surface area contributed by atoms with E-state index in [0.717, 1.165) is 28.3 Å². The molecule has 0 bridgehead atoms. The first-order valence-corrected chi connectivity index (χ1v) is 11.0. The van der Waals surface area contributed by atoms with E-state index in [1.165, 1.54) is 18.2 Å². The van der Waals surface area contributed by atoms with E-state index in [9.17, 15) is 18.5 Å². The Kier molecular flexibility index (Phi) is 5.74. The Labute approximate surface area is 169 Å². The number of sulfone groups is 1. The summed E-state index contributed by atoms with van der Waals surface area (Å²) < 4.78 is 29.9. The van der Waals surface area contributed by atoms with Crippen LogP contribution in [0, 0.1) is 10.1 Å². The first-order valence-electron chi connectivity index (χ1n) is 9.06. The lowest BCUT2D eigenvalue weighted by atomic mass is 10.0. The van der Waals surface area contributed by atoms with Crippen LogP contribution < -0.4 is 10.1 Å². The minimum absolute atomic E-state index is 0.00822. The van der Waals surface area contributed by atoms with Crippen LogP contribution >= 0.6 is 0 Å². The Hall–Kier alpha value is -3.13. The number of hydrogen-bond acceptors (Lipinski definition) is 6. The zero-order chi connectivity index (χ0) is 21.2. The summed E-state index contributed by atoms with van der Waals surface area (Å²) in [6.45, 7) is 4.26. The molecule has 152 valence electrons. The van der Waals surface area contributed by atoms with E-state index in [1.807, 2.05) is 50.2 Å². The van der Waals surface area contributed by atoms with Crippen molar-refractivity contribution < 1.29 is 18.1 Å². The molecule has 0 radical (unpaired) electrons. The molecule has 0 aliphatic carbocycles. The number of anilines is 1. The van der Waals surface area contributed by atoms with Gasteiger partial charge in [-0.15, -0.1) is 0 Å². The topological polar surface area (TPSA) is 98.5 Å². The van der Waals surface area contributed by atoms with Gasteiger partial charge in [0.25, 0.3) is 5.69 Å². The second kappa shape index (κ2) is 8.08.